The molecule has 0 radical (unpaired) electrons. The van der Waals surface area contributed by atoms with Gasteiger partial charge in [0, 0.05) is 30.8 Å². The van der Waals surface area contributed by atoms with Crippen LogP contribution in [0.15, 0.2) is 60.7 Å². The van der Waals surface area contributed by atoms with Gasteiger partial charge in [0.05, 0.1) is 13.2 Å². The molecule has 2 aromatic carbocycles. The lowest BCUT2D eigenvalue weighted by Crippen LogP contribution is -2.36. The molecule has 1 aliphatic heterocycles. The number of hydrogen-bond donors (Lipinski definition) is 1. The zero-order chi connectivity index (χ0) is 17.6. The normalized spacial score (nSPS) is 17.1. The smallest absolute Gasteiger partial charge is 0.244 e. The van der Waals surface area contributed by atoms with E-state index in [1.165, 1.54) is 6.08 Å². The maximum absolute atomic E-state index is 12.3. The monoisotopic (exact) mass is 336 g/mol. The molecule has 1 heterocycles. The zero-order valence-corrected chi connectivity index (χ0v) is 14.0. The maximum Gasteiger partial charge on any atom is 0.244 e. The molecule has 5 nitrogen and oxygen atoms in total. The first kappa shape index (κ1) is 16.8. The van der Waals surface area contributed by atoms with Gasteiger partial charge in [0.15, 0.2) is 0 Å². The van der Waals surface area contributed by atoms with E-state index >= 15 is 0 Å². The number of rotatable bonds is 5. The summed E-state index contributed by atoms with van der Waals surface area (Å²) in [6.07, 6.45) is 3.54. The number of hydrogen-bond acceptors (Lipinski definition) is 3. The topological polar surface area (TPSA) is 58.6 Å². The molecule has 1 N–H and O–H groups in total. The second-order valence-corrected chi connectivity index (χ2v) is 5.86. The average Bonchev–Trinajstić information content (AvgIpc) is 3.01. The highest BCUT2D eigenvalue weighted by Crippen LogP contribution is 2.25. The molecule has 5 heteroatoms. The number of amides is 2. The van der Waals surface area contributed by atoms with Crippen molar-refractivity contribution < 1.29 is 14.3 Å². The fraction of sp³-hybridized carbons (Fsp3) is 0.200. The number of nitrogens with zero attached hydrogens (tertiary/aromatic N) is 1. The van der Waals surface area contributed by atoms with Gasteiger partial charge in [-0.3, -0.25) is 9.59 Å². The van der Waals surface area contributed by atoms with Gasteiger partial charge in [0.2, 0.25) is 11.8 Å². The quantitative estimate of drug-likeness (QED) is 0.854. The minimum atomic E-state index is -0.202. The molecule has 1 saturated heterocycles. The van der Waals surface area contributed by atoms with Crippen LogP contribution >= 0.6 is 0 Å². The molecule has 0 saturated carbocycles. The van der Waals surface area contributed by atoms with Crippen LogP contribution in [0.25, 0.3) is 6.08 Å². The molecular weight excluding hydrogens is 316 g/mol. The van der Waals surface area contributed by atoms with E-state index in [-0.39, 0.29) is 17.9 Å². The average molecular weight is 336 g/mol. The second-order valence-electron chi connectivity index (χ2n) is 5.86. The lowest BCUT2D eigenvalue weighted by Gasteiger charge is -2.17. The molecule has 2 amide bonds. The van der Waals surface area contributed by atoms with Crippen molar-refractivity contribution in [1.82, 2.24) is 5.32 Å². The summed E-state index contributed by atoms with van der Waals surface area (Å²) in [6, 6.07) is 16.8. The molecule has 0 bridgehead atoms. The van der Waals surface area contributed by atoms with E-state index in [0.717, 1.165) is 11.3 Å². The SMILES string of the molecule is COc1cccc(N2CC(NC(=O)/C=C\c3ccccc3)CC2=O)c1. The summed E-state index contributed by atoms with van der Waals surface area (Å²) in [5.74, 6) is 0.489. The van der Waals surface area contributed by atoms with Crippen molar-refractivity contribution in [2.75, 3.05) is 18.6 Å². The molecule has 1 unspecified atom stereocenters. The molecule has 1 atom stereocenters. The Hall–Kier alpha value is -3.08. The van der Waals surface area contributed by atoms with Crippen molar-refractivity contribution in [3.63, 3.8) is 0 Å². The number of nitrogens with one attached hydrogen (secondary N) is 1. The van der Waals surface area contributed by atoms with Gasteiger partial charge in [-0.1, -0.05) is 36.4 Å². The van der Waals surface area contributed by atoms with E-state index in [2.05, 4.69) is 5.32 Å². The Morgan fingerprint density at radius 1 is 1.20 bits per heavy atom. The lowest BCUT2D eigenvalue weighted by atomic mass is 10.2. The molecule has 0 aliphatic carbocycles. The highest BCUT2D eigenvalue weighted by molar-refractivity contribution is 5.98. The zero-order valence-electron chi connectivity index (χ0n) is 14.0. The highest BCUT2D eigenvalue weighted by Gasteiger charge is 2.31. The van der Waals surface area contributed by atoms with Crippen LogP contribution < -0.4 is 15.0 Å². The van der Waals surface area contributed by atoms with Crippen molar-refractivity contribution in [3.8, 4) is 5.75 Å². The van der Waals surface area contributed by atoms with Gasteiger partial charge in [-0.25, -0.2) is 0 Å². The fourth-order valence-electron chi connectivity index (χ4n) is 2.82. The Morgan fingerprint density at radius 3 is 2.76 bits per heavy atom. The van der Waals surface area contributed by atoms with Crippen molar-refractivity contribution >= 4 is 23.6 Å². The van der Waals surface area contributed by atoms with Crippen molar-refractivity contribution in [2.24, 2.45) is 0 Å². The standard InChI is InChI=1S/C20H20N2O3/c1-25-18-9-5-8-17(13-18)22-14-16(12-20(22)24)21-19(23)11-10-15-6-3-2-4-7-15/h2-11,13,16H,12,14H2,1H3,(H,21,23)/b11-10-. The molecule has 128 valence electrons. The van der Waals surface area contributed by atoms with E-state index in [9.17, 15) is 9.59 Å². The van der Waals surface area contributed by atoms with Gasteiger partial charge in [-0.05, 0) is 23.8 Å². The van der Waals surface area contributed by atoms with Crippen LogP contribution in [0.4, 0.5) is 5.69 Å². The van der Waals surface area contributed by atoms with E-state index in [4.69, 9.17) is 4.74 Å². The van der Waals surface area contributed by atoms with Crippen LogP contribution in [-0.4, -0.2) is 31.5 Å². The largest absolute Gasteiger partial charge is 0.497 e. The van der Waals surface area contributed by atoms with E-state index in [1.54, 1.807) is 18.1 Å². The van der Waals surface area contributed by atoms with Gasteiger partial charge >= 0.3 is 0 Å². The Kier molecular flexibility index (Phi) is 5.14. The summed E-state index contributed by atoms with van der Waals surface area (Å²) in [5, 5.41) is 2.89. The Bertz CT molecular complexity index is 787. The number of benzene rings is 2. The molecule has 3 rings (SSSR count). The molecule has 0 aromatic heterocycles. The third kappa shape index (κ3) is 4.26. The first-order valence-corrected chi connectivity index (χ1v) is 8.14. The molecule has 2 aromatic rings. The van der Waals surface area contributed by atoms with Gasteiger partial charge in [0.1, 0.15) is 5.75 Å². The Morgan fingerprint density at radius 2 is 2.00 bits per heavy atom. The molecule has 1 fully saturated rings. The van der Waals surface area contributed by atoms with E-state index in [0.29, 0.717) is 18.7 Å². The summed E-state index contributed by atoms with van der Waals surface area (Å²) in [6.45, 7) is 0.455. The van der Waals surface area contributed by atoms with Gasteiger partial charge in [-0.2, -0.15) is 0 Å². The van der Waals surface area contributed by atoms with E-state index < -0.39 is 0 Å². The number of carbonyl (C=O) groups is 2. The summed E-state index contributed by atoms with van der Waals surface area (Å²) in [5.41, 5.74) is 1.74. The summed E-state index contributed by atoms with van der Waals surface area (Å²) in [7, 11) is 1.59. The third-order valence-corrected chi connectivity index (χ3v) is 4.06. The van der Waals surface area contributed by atoms with Crippen molar-refractivity contribution in [1.29, 1.82) is 0 Å². The second kappa shape index (κ2) is 7.66. The number of methoxy groups -OCH3 is 1. The van der Waals surface area contributed by atoms with Gasteiger partial charge in [0.25, 0.3) is 0 Å². The Balaban J connectivity index is 1.60. The maximum atomic E-state index is 12.3. The lowest BCUT2D eigenvalue weighted by molar-refractivity contribution is -0.117. The van der Waals surface area contributed by atoms with Gasteiger partial charge in [-0.15, -0.1) is 0 Å². The first-order chi connectivity index (χ1) is 12.2. The van der Waals surface area contributed by atoms with Crippen LogP contribution in [0.5, 0.6) is 5.75 Å². The summed E-state index contributed by atoms with van der Waals surface area (Å²) in [4.78, 5) is 26.0. The predicted molar refractivity (Wildman–Crippen MR) is 97.4 cm³/mol. The van der Waals surface area contributed by atoms with Crippen LogP contribution in [0.3, 0.4) is 0 Å². The molecule has 0 spiro atoms. The fourth-order valence-corrected chi connectivity index (χ4v) is 2.82. The highest BCUT2D eigenvalue weighted by atomic mass is 16.5. The summed E-state index contributed by atoms with van der Waals surface area (Å²) >= 11 is 0. The molecular formula is C20H20N2O3. The van der Waals surface area contributed by atoms with Crippen LogP contribution in [0.1, 0.15) is 12.0 Å². The van der Waals surface area contributed by atoms with E-state index in [1.807, 2.05) is 54.6 Å². The van der Waals surface area contributed by atoms with Crippen LogP contribution in [0.2, 0.25) is 0 Å². The van der Waals surface area contributed by atoms with Crippen molar-refractivity contribution in [3.05, 3.63) is 66.2 Å². The molecule has 25 heavy (non-hydrogen) atoms. The Labute approximate surface area is 146 Å². The van der Waals surface area contributed by atoms with Crippen molar-refractivity contribution in [2.45, 2.75) is 12.5 Å². The third-order valence-electron chi connectivity index (χ3n) is 4.06. The minimum absolute atomic E-state index is 0.00871. The number of anilines is 1. The number of ether oxygens (including phenoxy) is 1. The van der Waals surface area contributed by atoms with Gasteiger partial charge < -0.3 is 15.0 Å². The summed E-state index contributed by atoms with van der Waals surface area (Å²) < 4.78 is 5.20. The first-order valence-electron chi connectivity index (χ1n) is 8.14. The molecule has 1 aliphatic rings. The predicted octanol–water partition coefficient (Wildman–Crippen LogP) is 2.63. The van der Waals surface area contributed by atoms with Crippen LogP contribution in [0, 0.1) is 0 Å². The minimum Gasteiger partial charge on any atom is -0.497 e. The van der Waals surface area contributed by atoms with Crippen LogP contribution in [-0.2, 0) is 9.59 Å². The number of carbonyl (C=O) groups excluding carboxylic acids is 2.